The number of hydrogen-bond acceptors (Lipinski definition) is 4. The van der Waals surface area contributed by atoms with E-state index in [-0.39, 0.29) is 12.1 Å². The number of anilines is 2. The number of aryl methyl sites for hydroxylation is 1. The Hall–Kier alpha value is -2.91. The van der Waals surface area contributed by atoms with Crippen LogP contribution in [0.15, 0.2) is 67.0 Å². The molecule has 1 aromatic carbocycles. The first-order valence-corrected chi connectivity index (χ1v) is 11.9. The van der Waals surface area contributed by atoms with Gasteiger partial charge < -0.3 is 14.8 Å². The SMILES string of the molecule is CCn1cccc1C1C(c2ccccn2)NC(=S)N1c1ccc(NS(C)(=O)=O)cc1. The second-order valence-electron chi connectivity index (χ2n) is 7.14. The molecule has 2 atom stereocenters. The topological polar surface area (TPSA) is 79.3 Å². The highest BCUT2D eigenvalue weighted by Gasteiger charge is 2.41. The van der Waals surface area contributed by atoms with Crippen molar-refractivity contribution in [2.45, 2.75) is 25.6 Å². The van der Waals surface area contributed by atoms with E-state index < -0.39 is 10.0 Å². The molecule has 2 unspecified atom stereocenters. The van der Waals surface area contributed by atoms with Gasteiger partial charge in [0.2, 0.25) is 10.0 Å². The van der Waals surface area contributed by atoms with Crippen LogP contribution in [0.1, 0.15) is 30.4 Å². The highest BCUT2D eigenvalue weighted by atomic mass is 32.2. The number of thiocarbonyl (C=S) groups is 1. The van der Waals surface area contributed by atoms with E-state index in [0.29, 0.717) is 10.8 Å². The van der Waals surface area contributed by atoms with Gasteiger partial charge >= 0.3 is 0 Å². The zero-order valence-corrected chi connectivity index (χ0v) is 18.3. The Balaban J connectivity index is 1.76. The maximum absolute atomic E-state index is 11.5. The number of aromatic nitrogens is 2. The van der Waals surface area contributed by atoms with Crippen molar-refractivity contribution in [1.29, 1.82) is 0 Å². The molecular weight excluding hydrogens is 418 g/mol. The fourth-order valence-electron chi connectivity index (χ4n) is 3.82. The summed E-state index contributed by atoms with van der Waals surface area (Å²) in [6.45, 7) is 2.95. The van der Waals surface area contributed by atoms with Crippen LogP contribution in [-0.2, 0) is 16.6 Å². The molecule has 1 saturated heterocycles. The third-order valence-electron chi connectivity index (χ3n) is 5.06. The smallest absolute Gasteiger partial charge is 0.229 e. The first-order chi connectivity index (χ1) is 14.4. The lowest BCUT2D eigenvalue weighted by Crippen LogP contribution is -2.30. The van der Waals surface area contributed by atoms with Crippen molar-refractivity contribution in [2.75, 3.05) is 15.9 Å². The summed E-state index contributed by atoms with van der Waals surface area (Å²) in [7, 11) is -3.33. The van der Waals surface area contributed by atoms with Crippen LogP contribution in [0.25, 0.3) is 0 Å². The number of pyridine rings is 1. The van der Waals surface area contributed by atoms with Gasteiger partial charge in [-0.15, -0.1) is 0 Å². The van der Waals surface area contributed by atoms with Crippen molar-refractivity contribution in [3.63, 3.8) is 0 Å². The standard InChI is InChI=1S/C21H23N5O2S2/c1-3-25-14-6-8-18(25)20-19(17-7-4-5-13-22-17)23-21(29)26(20)16-11-9-15(10-12-16)24-30(2,27)28/h4-14,19-20,24H,3H2,1-2H3,(H,23,29). The molecule has 1 aliphatic heterocycles. The van der Waals surface area contributed by atoms with Crippen LogP contribution in [0.3, 0.4) is 0 Å². The summed E-state index contributed by atoms with van der Waals surface area (Å²) >= 11 is 5.72. The average molecular weight is 442 g/mol. The number of hydrogen-bond donors (Lipinski definition) is 2. The molecular formula is C21H23N5O2S2. The van der Waals surface area contributed by atoms with Crippen LogP contribution in [0.2, 0.25) is 0 Å². The number of sulfonamides is 1. The lowest BCUT2D eigenvalue weighted by atomic mass is 10.0. The van der Waals surface area contributed by atoms with Crippen molar-refractivity contribution in [1.82, 2.24) is 14.9 Å². The fourth-order valence-corrected chi connectivity index (χ4v) is 4.73. The monoisotopic (exact) mass is 441 g/mol. The van der Waals surface area contributed by atoms with Crippen molar-refractivity contribution in [2.24, 2.45) is 0 Å². The number of rotatable bonds is 6. The third kappa shape index (κ3) is 4.03. The van der Waals surface area contributed by atoms with E-state index in [1.165, 1.54) is 0 Å². The summed E-state index contributed by atoms with van der Waals surface area (Å²) in [5.41, 5.74) is 3.42. The van der Waals surface area contributed by atoms with E-state index >= 15 is 0 Å². The minimum absolute atomic E-state index is 0.101. The Kier molecular flexibility index (Phi) is 5.48. The molecule has 0 saturated carbocycles. The first kappa shape index (κ1) is 20.4. The Bertz CT molecular complexity index is 1140. The predicted octanol–water partition coefficient (Wildman–Crippen LogP) is 3.45. The average Bonchev–Trinajstić information content (AvgIpc) is 3.32. The molecule has 3 aromatic rings. The number of nitrogens with one attached hydrogen (secondary N) is 2. The molecule has 1 fully saturated rings. The maximum Gasteiger partial charge on any atom is 0.229 e. The highest BCUT2D eigenvalue weighted by Crippen LogP contribution is 2.41. The molecule has 30 heavy (non-hydrogen) atoms. The van der Waals surface area contributed by atoms with Crippen molar-refractivity contribution in [3.8, 4) is 0 Å². The molecule has 0 amide bonds. The lowest BCUT2D eigenvalue weighted by Gasteiger charge is -2.29. The minimum atomic E-state index is -3.33. The van der Waals surface area contributed by atoms with Gasteiger partial charge in [-0.25, -0.2) is 8.42 Å². The van der Waals surface area contributed by atoms with Crippen LogP contribution in [0.5, 0.6) is 0 Å². The van der Waals surface area contributed by atoms with E-state index in [1.807, 2.05) is 36.4 Å². The second kappa shape index (κ2) is 8.08. The van der Waals surface area contributed by atoms with E-state index in [0.717, 1.165) is 29.9 Å². The van der Waals surface area contributed by atoms with Gasteiger partial charge in [0, 0.05) is 36.0 Å². The Labute approximate surface area is 181 Å². The van der Waals surface area contributed by atoms with Gasteiger partial charge in [0.25, 0.3) is 0 Å². The quantitative estimate of drug-likeness (QED) is 0.571. The Morgan fingerprint density at radius 3 is 2.53 bits per heavy atom. The van der Waals surface area contributed by atoms with Gasteiger partial charge in [-0.3, -0.25) is 9.71 Å². The summed E-state index contributed by atoms with van der Waals surface area (Å²) < 4.78 is 27.7. The molecule has 4 rings (SSSR count). The van der Waals surface area contributed by atoms with Crippen LogP contribution in [0.4, 0.5) is 11.4 Å². The van der Waals surface area contributed by atoms with Gasteiger partial charge in [0.15, 0.2) is 5.11 Å². The largest absolute Gasteiger partial charge is 0.351 e. The number of nitrogens with zero attached hydrogens (tertiary/aromatic N) is 3. The third-order valence-corrected chi connectivity index (χ3v) is 5.98. The van der Waals surface area contributed by atoms with Crippen LogP contribution >= 0.6 is 12.2 Å². The second-order valence-corrected chi connectivity index (χ2v) is 9.27. The zero-order valence-electron chi connectivity index (χ0n) is 16.7. The maximum atomic E-state index is 11.5. The molecule has 7 nitrogen and oxygen atoms in total. The van der Waals surface area contributed by atoms with Gasteiger partial charge in [0.05, 0.1) is 18.0 Å². The van der Waals surface area contributed by atoms with Gasteiger partial charge in [0.1, 0.15) is 6.04 Å². The molecule has 3 heterocycles. The lowest BCUT2D eigenvalue weighted by molar-refractivity contribution is 0.529. The molecule has 1 aliphatic rings. The van der Waals surface area contributed by atoms with Crippen LogP contribution in [0, 0.1) is 0 Å². The normalized spacial score (nSPS) is 19.0. The summed E-state index contributed by atoms with van der Waals surface area (Å²) in [5.74, 6) is 0. The highest BCUT2D eigenvalue weighted by molar-refractivity contribution is 7.92. The molecule has 2 N–H and O–H groups in total. The summed E-state index contributed by atoms with van der Waals surface area (Å²) in [5, 5.41) is 4.03. The molecule has 156 valence electrons. The van der Waals surface area contributed by atoms with Crippen molar-refractivity contribution >= 4 is 38.7 Å². The fraction of sp³-hybridized carbons (Fsp3) is 0.238. The van der Waals surface area contributed by atoms with Crippen molar-refractivity contribution in [3.05, 3.63) is 78.4 Å². The van der Waals surface area contributed by atoms with Gasteiger partial charge in [-0.05, 0) is 67.7 Å². The molecule has 9 heteroatoms. The molecule has 0 spiro atoms. The van der Waals surface area contributed by atoms with E-state index in [4.69, 9.17) is 12.2 Å². The summed E-state index contributed by atoms with van der Waals surface area (Å²) in [6, 6.07) is 17.0. The Morgan fingerprint density at radius 2 is 1.90 bits per heavy atom. The summed E-state index contributed by atoms with van der Waals surface area (Å²) in [6.07, 6.45) is 4.97. The van der Waals surface area contributed by atoms with Gasteiger partial charge in [-0.1, -0.05) is 6.07 Å². The van der Waals surface area contributed by atoms with Gasteiger partial charge in [-0.2, -0.15) is 0 Å². The van der Waals surface area contributed by atoms with E-state index in [2.05, 4.69) is 43.7 Å². The molecule has 2 aromatic heterocycles. The predicted molar refractivity (Wildman–Crippen MR) is 123 cm³/mol. The van der Waals surface area contributed by atoms with Crippen molar-refractivity contribution < 1.29 is 8.42 Å². The zero-order chi connectivity index (χ0) is 21.3. The molecule has 0 bridgehead atoms. The molecule has 0 radical (unpaired) electrons. The van der Waals surface area contributed by atoms with Crippen LogP contribution in [-0.4, -0.2) is 29.3 Å². The van der Waals surface area contributed by atoms with E-state index in [1.54, 1.807) is 18.3 Å². The number of benzene rings is 1. The van der Waals surface area contributed by atoms with Crippen LogP contribution < -0.4 is 14.9 Å². The molecule has 0 aliphatic carbocycles. The minimum Gasteiger partial charge on any atom is -0.351 e. The first-order valence-electron chi connectivity index (χ1n) is 9.61. The summed E-state index contributed by atoms with van der Waals surface area (Å²) in [4.78, 5) is 6.63. The van der Waals surface area contributed by atoms with E-state index in [9.17, 15) is 8.42 Å². The Morgan fingerprint density at radius 1 is 1.13 bits per heavy atom.